The van der Waals surface area contributed by atoms with E-state index in [1.165, 1.54) is 36.8 Å². The molecule has 2 aliphatic rings. The molecule has 3 heteroatoms. The van der Waals surface area contributed by atoms with Crippen molar-refractivity contribution < 1.29 is 4.74 Å². The third-order valence-corrected chi connectivity index (χ3v) is 5.06. The Balaban J connectivity index is 1.79. The van der Waals surface area contributed by atoms with Crippen LogP contribution in [-0.2, 0) is 12.8 Å². The first-order valence-corrected chi connectivity index (χ1v) is 8.24. The molecule has 1 fully saturated rings. The number of halogens is 1. The molecule has 0 bridgehead atoms. The largest absolute Gasteiger partial charge is 0.493 e. The third kappa shape index (κ3) is 2.96. The lowest BCUT2D eigenvalue weighted by Crippen LogP contribution is -2.30. The topological polar surface area (TPSA) is 21.3 Å². The molecule has 1 heterocycles. The summed E-state index contributed by atoms with van der Waals surface area (Å²) in [6, 6.07) is 4.19. The van der Waals surface area contributed by atoms with E-state index in [1.807, 2.05) is 0 Å². The number of benzene rings is 1. The van der Waals surface area contributed by atoms with Crippen LogP contribution in [0.25, 0.3) is 0 Å². The van der Waals surface area contributed by atoms with Crippen molar-refractivity contribution in [3.05, 3.63) is 28.3 Å². The van der Waals surface area contributed by atoms with E-state index in [-0.39, 0.29) is 0 Å². The minimum atomic E-state index is 0.767. The Bertz CT molecular complexity index is 472. The Morgan fingerprint density at radius 3 is 2.85 bits per heavy atom. The molecule has 0 aromatic heterocycles. The van der Waals surface area contributed by atoms with Crippen LogP contribution >= 0.6 is 11.6 Å². The molecule has 110 valence electrons. The molecular formula is C17H24ClNO. The SMILES string of the molecule is CNCC1CCCCC1Cc1cc(Cl)cc2c1OCC2. The molecule has 3 rings (SSSR count). The Labute approximate surface area is 126 Å². The van der Waals surface area contributed by atoms with Crippen molar-refractivity contribution in [1.82, 2.24) is 5.32 Å². The lowest BCUT2D eigenvalue weighted by Gasteiger charge is -2.32. The molecule has 1 aliphatic heterocycles. The van der Waals surface area contributed by atoms with Crippen molar-refractivity contribution in [2.45, 2.75) is 38.5 Å². The highest BCUT2D eigenvalue weighted by Crippen LogP contribution is 2.38. The molecule has 0 amide bonds. The summed E-state index contributed by atoms with van der Waals surface area (Å²) >= 11 is 6.28. The van der Waals surface area contributed by atoms with Crippen molar-refractivity contribution in [3.63, 3.8) is 0 Å². The molecule has 1 saturated carbocycles. The normalized spacial score (nSPS) is 25.3. The van der Waals surface area contributed by atoms with E-state index in [0.29, 0.717) is 0 Å². The number of nitrogens with one attached hydrogen (secondary N) is 1. The van der Waals surface area contributed by atoms with Crippen LogP contribution in [0.3, 0.4) is 0 Å². The summed E-state index contributed by atoms with van der Waals surface area (Å²) in [5.41, 5.74) is 2.63. The predicted molar refractivity (Wildman–Crippen MR) is 83.7 cm³/mol. The summed E-state index contributed by atoms with van der Waals surface area (Å²) in [5, 5.41) is 4.23. The van der Waals surface area contributed by atoms with Crippen molar-refractivity contribution in [1.29, 1.82) is 0 Å². The van der Waals surface area contributed by atoms with Crippen molar-refractivity contribution in [2.75, 3.05) is 20.2 Å². The van der Waals surface area contributed by atoms with Gasteiger partial charge >= 0.3 is 0 Å². The average Bonchev–Trinajstić information content (AvgIpc) is 2.89. The number of hydrogen-bond donors (Lipinski definition) is 1. The van der Waals surface area contributed by atoms with Crippen LogP contribution in [-0.4, -0.2) is 20.2 Å². The molecule has 2 nitrogen and oxygen atoms in total. The minimum Gasteiger partial charge on any atom is -0.493 e. The van der Waals surface area contributed by atoms with Gasteiger partial charge in [0.25, 0.3) is 0 Å². The van der Waals surface area contributed by atoms with Gasteiger partial charge in [-0.25, -0.2) is 0 Å². The van der Waals surface area contributed by atoms with Crippen LogP contribution < -0.4 is 10.1 Å². The first-order chi connectivity index (χ1) is 9.78. The van der Waals surface area contributed by atoms with E-state index in [9.17, 15) is 0 Å². The molecule has 1 N–H and O–H groups in total. The van der Waals surface area contributed by atoms with Gasteiger partial charge in [0.05, 0.1) is 6.61 Å². The van der Waals surface area contributed by atoms with E-state index in [1.54, 1.807) is 0 Å². The van der Waals surface area contributed by atoms with E-state index in [2.05, 4.69) is 24.5 Å². The highest BCUT2D eigenvalue weighted by Gasteiger charge is 2.27. The second-order valence-electron chi connectivity index (χ2n) is 6.22. The minimum absolute atomic E-state index is 0.767. The summed E-state index contributed by atoms with van der Waals surface area (Å²) in [4.78, 5) is 0. The fourth-order valence-corrected chi connectivity index (χ4v) is 4.13. The molecule has 1 aromatic rings. The molecule has 1 aromatic carbocycles. The zero-order chi connectivity index (χ0) is 13.9. The molecule has 2 atom stereocenters. The van der Waals surface area contributed by atoms with Crippen LogP contribution in [0.1, 0.15) is 36.8 Å². The van der Waals surface area contributed by atoms with Crippen LogP contribution in [0, 0.1) is 11.8 Å². The Morgan fingerprint density at radius 2 is 2.05 bits per heavy atom. The predicted octanol–water partition coefficient (Wildman–Crippen LogP) is 3.84. The highest BCUT2D eigenvalue weighted by atomic mass is 35.5. The summed E-state index contributed by atoms with van der Waals surface area (Å²) in [6.07, 6.45) is 7.58. The molecule has 0 saturated heterocycles. The molecule has 2 unspecified atom stereocenters. The van der Waals surface area contributed by atoms with Crippen LogP contribution in [0.5, 0.6) is 5.75 Å². The van der Waals surface area contributed by atoms with Gasteiger partial charge in [-0.1, -0.05) is 24.4 Å². The van der Waals surface area contributed by atoms with Gasteiger partial charge in [-0.05, 0) is 68.0 Å². The fourth-order valence-electron chi connectivity index (χ4n) is 3.86. The average molecular weight is 294 g/mol. The molecular weight excluding hydrogens is 270 g/mol. The van der Waals surface area contributed by atoms with Gasteiger partial charge < -0.3 is 10.1 Å². The van der Waals surface area contributed by atoms with Gasteiger partial charge in [0.15, 0.2) is 0 Å². The Kier molecular flexibility index (Phi) is 4.52. The molecule has 20 heavy (non-hydrogen) atoms. The van der Waals surface area contributed by atoms with Gasteiger partial charge in [0, 0.05) is 11.4 Å². The number of fused-ring (bicyclic) bond motifs is 1. The molecule has 0 spiro atoms. The van der Waals surface area contributed by atoms with E-state index in [4.69, 9.17) is 16.3 Å². The van der Waals surface area contributed by atoms with Crippen LogP contribution in [0.4, 0.5) is 0 Å². The van der Waals surface area contributed by atoms with Gasteiger partial charge in [-0.3, -0.25) is 0 Å². The standard InChI is InChI=1S/C17H24ClNO/c1-19-11-14-5-3-2-4-12(14)8-15-10-16(18)9-13-6-7-20-17(13)15/h9-10,12,14,19H,2-8,11H2,1H3. The van der Waals surface area contributed by atoms with Gasteiger partial charge in [-0.15, -0.1) is 0 Å². The fraction of sp³-hybridized carbons (Fsp3) is 0.647. The first-order valence-electron chi connectivity index (χ1n) is 7.86. The third-order valence-electron chi connectivity index (χ3n) is 4.84. The van der Waals surface area contributed by atoms with Gasteiger partial charge in [0.1, 0.15) is 5.75 Å². The van der Waals surface area contributed by atoms with Gasteiger partial charge in [0.2, 0.25) is 0 Å². The monoisotopic (exact) mass is 293 g/mol. The molecule has 0 radical (unpaired) electrons. The number of hydrogen-bond acceptors (Lipinski definition) is 2. The lowest BCUT2D eigenvalue weighted by atomic mass is 9.76. The summed E-state index contributed by atoms with van der Waals surface area (Å²) < 4.78 is 5.85. The van der Waals surface area contributed by atoms with Gasteiger partial charge in [-0.2, -0.15) is 0 Å². The second-order valence-corrected chi connectivity index (χ2v) is 6.65. The van der Waals surface area contributed by atoms with Crippen molar-refractivity contribution >= 4 is 11.6 Å². The second kappa shape index (κ2) is 6.36. The highest BCUT2D eigenvalue weighted by molar-refractivity contribution is 6.30. The van der Waals surface area contributed by atoms with Crippen molar-refractivity contribution in [3.8, 4) is 5.75 Å². The number of rotatable bonds is 4. The first kappa shape index (κ1) is 14.2. The molecule has 1 aliphatic carbocycles. The van der Waals surface area contributed by atoms with Crippen molar-refractivity contribution in [2.24, 2.45) is 11.8 Å². The van der Waals surface area contributed by atoms with E-state index >= 15 is 0 Å². The summed E-state index contributed by atoms with van der Waals surface area (Å²) in [5.74, 6) is 2.69. The maximum atomic E-state index is 6.28. The maximum absolute atomic E-state index is 6.28. The Hall–Kier alpha value is -0.730. The maximum Gasteiger partial charge on any atom is 0.125 e. The zero-order valence-electron chi connectivity index (χ0n) is 12.3. The van der Waals surface area contributed by atoms with Crippen LogP contribution in [0.15, 0.2) is 12.1 Å². The summed E-state index contributed by atoms with van der Waals surface area (Å²) in [7, 11) is 2.06. The van der Waals surface area contributed by atoms with E-state index in [0.717, 1.165) is 48.6 Å². The summed E-state index contributed by atoms with van der Waals surface area (Å²) in [6.45, 7) is 1.95. The smallest absolute Gasteiger partial charge is 0.125 e. The number of ether oxygens (including phenoxy) is 1. The lowest BCUT2D eigenvalue weighted by molar-refractivity contribution is 0.230. The zero-order valence-corrected chi connectivity index (χ0v) is 13.0. The quantitative estimate of drug-likeness (QED) is 0.910. The Morgan fingerprint density at radius 1 is 1.25 bits per heavy atom. The van der Waals surface area contributed by atoms with Crippen LogP contribution in [0.2, 0.25) is 5.02 Å². The van der Waals surface area contributed by atoms with E-state index < -0.39 is 0 Å².